The van der Waals surface area contributed by atoms with Crippen LogP contribution >= 0.6 is 11.8 Å². The number of amides is 1. The predicted molar refractivity (Wildman–Crippen MR) is 129 cm³/mol. The standard InChI is InChI=1S/C25H23FN4O3S/c1-17-12-13-22(32-2)20(14-17)27-24(31)16-34-25-29-28-23(30(25)18-8-4-3-5-9-18)15-33-21-11-7-6-10-19(21)26/h3-14H,15-16H2,1-2H3,(H,27,31). The number of hydrogen-bond donors (Lipinski definition) is 1. The molecule has 0 fully saturated rings. The second-order valence-electron chi connectivity index (χ2n) is 7.33. The zero-order valence-corrected chi connectivity index (χ0v) is 19.5. The molecule has 174 valence electrons. The molecule has 3 aromatic carbocycles. The largest absolute Gasteiger partial charge is 0.495 e. The number of aryl methyl sites for hydroxylation is 1. The normalized spacial score (nSPS) is 10.7. The summed E-state index contributed by atoms with van der Waals surface area (Å²) in [5.74, 6) is 0.648. The van der Waals surface area contributed by atoms with E-state index in [1.54, 1.807) is 29.9 Å². The maximum Gasteiger partial charge on any atom is 0.234 e. The highest BCUT2D eigenvalue weighted by atomic mass is 32.2. The molecule has 4 rings (SSSR count). The van der Waals surface area contributed by atoms with Crippen LogP contribution in [0.5, 0.6) is 11.5 Å². The van der Waals surface area contributed by atoms with Gasteiger partial charge in [-0.15, -0.1) is 10.2 Å². The van der Waals surface area contributed by atoms with E-state index in [9.17, 15) is 9.18 Å². The van der Waals surface area contributed by atoms with Gasteiger partial charge in [0.05, 0.1) is 18.6 Å². The molecular weight excluding hydrogens is 455 g/mol. The summed E-state index contributed by atoms with van der Waals surface area (Å²) in [6.45, 7) is 1.95. The Balaban J connectivity index is 1.51. The molecular formula is C25H23FN4O3S. The first-order chi connectivity index (χ1) is 16.5. The summed E-state index contributed by atoms with van der Waals surface area (Å²) in [6, 6.07) is 21.2. The summed E-state index contributed by atoms with van der Waals surface area (Å²) in [6.07, 6.45) is 0. The van der Waals surface area contributed by atoms with Crippen LogP contribution in [0.4, 0.5) is 10.1 Å². The molecule has 0 aliphatic rings. The van der Waals surface area contributed by atoms with Crippen molar-refractivity contribution in [3.63, 3.8) is 0 Å². The number of halogens is 1. The monoisotopic (exact) mass is 478 g/mol. The first kappa shape index (κ1) is 23.3. The van der Waals surface area contributed by atoms with Gasteiger partial charge >= 0.3 is 0 Å². The van der Waals surface area contributed by atoms with Gasteiger partial charge in [-0.2, -0.15) is 0 Å². The number of carbonyl (C=O) groups is 1. The van der Waals surface area contributed by atoms with Crippen LogP contribution in [0.1, 0.15) is 11.4 Å². The lowest BCUT2D eigenvalue weighted by Crippen LogP contribution is -2.15. The summed E-state index contributed by atoms with van der Waals surface area (Å²) in [7, 11) is 1.56. The van der Waals surface area contributed by atoms with Crippen LogP contribution < -0.4 is 14.8 Å². The second-order valence-corrected chi connectivity index (χ2v) is 8.27. The van der Waals surface area contributed by atoms with E-state index in [2.05, 4.69) is 15.5 Å². The average Bonchev–Trinajstić information content (AvgIpc) is 3.26. The van der Waals surface area contributed by atoms with Crippen molar-refractivity contribution in [3.8, 4) is 17.2 Å². The second kappa shape index (κ2) is 10.8. The third-order valence-electron chi connectivity index (χ3n) is 4.87. The minimum atomic E-state index is -0.453. The molecule has 1 heterocycles. The molecule has 0 radical (unpaired) electrons. The lowest BCUT2D eigenvalue weighted by atomic mass is 10.2. The van der Waals surface area contributed by atoms with Crippen molar-refractivity contribution in [2.45, 2.75) is 18.7 Å². The molecule has 0 spiro atoms. The SMILES string of the molecule is COc1ccc(C)cc1NC(=O)CSc1nnc(COc2ccccc2F)n1-c1ccccc1. The number of hydrogen-bond acceptors (Lipinski definition) is 6. The van der Waals surface area contributed by atoms with E-state index in [-0.39, 0.29) is 24.0 Å². The smallest absolute Gasteiger partial charge is 0.234 e. The maximum atomic E-state index is 14.0. The Hall–Kier alpha value is -3.85. The fourth-order valence-corrected chi connectivity index (χ4v) is 4.03. The van der Waals surface area contributed by atoms with Gasteiger partial charge < -0.3 is 14.8 Å². The number of ether oxygens (including phenoxy) is 2. The average molecular weight is 479 g/mol. The molecule has 0 saturated heterocycles. The van der Waals surface area contributed by atoms with E-state index >= 15 is 0 Å². The van der Waals surface area contributed by atoms with Gasteiger partial charge in [-0.1, -0.05) is 48.2 Å². The van der Waals surface area contributed by atoms with Crippen LogP contribution in [-0.4, -0.2) is 33.5 Å². The number of benzene rings is 3. The van der Waals surface area contributed by atoms with Crippen molar-refractivity contribution in [1.82, 2.24) is 14.8 Å². The van der Waals surface area contributed by atoms with Gasteiger partial charge in [-0.3, -0.25) is 9.36 Å². The summed E-state index contributed by atoms with van der Waals surface area (Å²) in [5, 5.41) is 11.9. The van der Waals surface area contributed by atoms with Crippen molar-refractivity contribution < 1.29 is 18.7 Å². The lowest BCUT2D eigenvalue weighted by Gasteiger charge is -2.12. The molecule has 7 nitrogen and oxygen atoms in total. The Labute approximate surface area is 200 Å². The van der Waals surface area contributed by atoms with Crippen LogP contribution in [-0.2, 0) is 11.4 Å². The Morgan fingerprint density at radius 1 is 1.03 bits per heavy atom. The third kappa shape index (κ3) is 5.55. The minimum absolute atomic E-state index is 0.01000. The summed E-state index contributed by atoms with van der Waals surface area (Å²) in [5.41, 5.74) is 2.42. The number of nitrogens with zero attached hydrogens (tertiary/aromatic N) is 3. The first-order valence-corrected chi connectivity index (χ1v) is 11.5. The highest BCUT2D eigenvalue weighted by Gasteiger charge is 2.17. The first-order valence-electron chi connectivity index (χ1n) is 10.5. The maximum absolute atomic E-state index is 14.0. The highest BCUT2D eigenvalue weighted by Crippen LogP contribution is 2.27. The van der Waals surface area contributed by atoms with Crippen LogP contribution in [0.3, 0.4) is 0 Å². The summed E-state index contributed by atoms with van der Waals surface area (Å²) in [4.78, 5) is 12.7. The predicted octanol–water partition coefficient (Wildman–Crippen LogP) is 5.03. The Morgan fingerprint density at radius 2 is 1.79 bits per heavy atom. The molecule has 0 aliphatic carbocycles. The number of aromatic nitrogens is 3. The van der Waals surface area contributed by atoms with Crippen LogP contribution in [0.15, 0.2) is 78.0 Å². The van der Waals surface area contributed by atoms with E-state index in [1.807, 2.05) is 55.5 Å². The zero-order chi connectivity index (χ0) is 23.9. The molecule has 4 aromatic rings. The third-order valence-corrected chi connectivity index (χ3v) is 5.80. The molecule has 0 aliphatic heterocycles. The van der Waals surface area contributed by atoms with Crippen LogP contribution in [0.2, 0.25) is 0 Å². The lowest BCUT2D eigenvalue weighted by molar-refractivity contribution is -0.113. The number of para-hydroxylation sites is 2. The Kier molecular flexibility index (Phi) is 7.44. The van der Waals surface area contributed by atoms with Crippen molar-refractivity contribution in [2.24, 2.45) is 0 Å². The van der Waals surface area contributed by atoms with Gasteiger partial charge in [0.2, 0.25) is 5.91 Å². The summed E-state index contributed by atoms with van der Waals surface area (Å²) < 4.78 is 26.7. The number of methoxy groups -OCH3 is 1. The van der Waals surface area contributed by atoms with E-state index in [1.165, 1.54) is 17.8 Å². The topological polar surface area (TPSA) is 78.3 Å². The molecule has 34 heavy (non-hydrogen) atoms. The number of thioether (sulfide) groups is 1. The minimum Gasteiger partial charge on any atom is -0.495 e. The number of anilines is 1. The van der Waals surface area contributed by atoms with E-state index in [0.29, 0.717) is 22.4 Å². The van der Waals surface area contributed by atoms with E-state index < -0.39 is 5.82 Å². The number of nitrogens with one attached hydrogen (secondary N) is 1. The van der Waals surface area contributed by atoms with Gasteiger partial charge in [0.15, 0.2) is 22.5 Å². The highest BCUT2D eigenvalue weighted by molar-refractivity contribution is 7.99. The molecule has 1 amide bonds. The van der Waals surface area contributed by atoms with Crippen molar-refractivity contribution >= 4 is 23.4 Å². The molecule has 1 N–H and O–H groups in total. The fraction of sp³-hybridized carbons (Fsp3) is 0.160. The summed E-state index contributed by atoms with van der Waals surface area (Å²) >= 11 is 1.24. The molecule has 0 atom stereocenters. The van der Waals surface area contributed by atoms with Crippen molar-refractivity contribution in [1.29, 1.82) is 0 Å². The van der Waals surface area contributed by atoms with Crippen molar-refractivity contribution in [3.05, 3.63) is 90.0 Å². The molecule has 9 heteroatoms. The Morgan fingerprint density at radius 3 is 2.56 bits per heavy atom. The van der Waals surface area contributed by atoms with Gasteiger partial charge in [-0.05, 0) is 48.9 Å². The van der Waals surface area contributed by atoms with Crippen LogP contribution in [0.25, 0.3) is 5.69 Å². The van der Waals surface area contributed by atoms with E-state index in [0.717, 1.165) is 11.3 Å². The van der Waals surface area contributed by atoms with Gasteiger partial charge in [0.1, 0.15) is 12.4 Å². The van der Waals surface area contributed by atoms with Gasteiger partial charge in [0, 0.05) is 5.69 Å². The molecule has 1 aromatic heterocycles. The van der Waals surface area contributed by atoms with Gasteiger partial charge in [0.25, 0.3) is 0 Å². The molecule has 0 bridgehead atoms. The fourth-order valence-electron chi connectivity index (χ4n) is 3.26. The molecule has 0 unspecified atom stereocenters. The van der Waals surface area contributed by atoms with Gasteiger partial charge in [-0.25, -0.2) is 4.39 Å². The quantitative estimate of drug-likeness (QED) is 0.340. The van der Waals surface area contributed by atoms with Crippen molar-refractivity contribution in [2.75, 3.05) is 18.2 Å². The molecule has 0 saturated carbocycles. The number of carbonyl (C=O) groups excluding carboxylic acids is 1. The zero-order valence-electron chi connectivity index (χ0n) is 18.7. The van der Waals surface area contributed by atoms with Crippen LogP contribution in [0, 0.1) is 12.7 Å². The Bertz CT molecular complexity index is 1280. The van der Waals surface area contributed by atoms with E-state index in [4.69, 9.17) is 9.47 Å². The number of rotatable bonds is 9.